The van der Waals surface area contributed by atoms with E-state index >= 15 is 0 Å². The Kier molecular flexibility index (Phi) is 6.78. The number of primary amides is 1. The van der Waals surface area contributed by atoms with Crippen molar-refractivity contribution in [2.45, 2.75) is 13.3 Å². The molecule has 38 heavy (non-hydrogen) atoms. The number of amides is 1. The summed E-state index contributed by atoms with van der Waals surface area (Å²) in [6.45, 7) is 2.48. The number of pyridine rings is 1. The van der Waals surface area contributed by atoms with Gasteiger partial charge in [-0.1, -0.05) is 48.5 Å². The van der Waals surface area contributed by atoms with E-state index in [-0.39, 0.29) is 11.6 Å². The summed E-state index contributed by atoms with van der Waals surface area (Å²) in [4.78, 5) is 37.4. The van der Waals surface area contributed by atoms with Crippen LogP contribution < -0.4 is 16.8 Å². The standard InChI is InChI=1S/C30H26N6O2/c1-18-15-21(33-14-13-26(37)23-9-5-6-10-25(23)31)11-12-22(18)27-24(19-7-3-2-4-8-19)16-20-17-34-30(28(32)38)36-29(20)35-27/h2-12,15-17,33H,13-14,31H2,1H3,(H2,32,38). The molecule has 2 heterocycles. The molecule has 5 rings (SSSR count). The zero-order valence-electron chi connectivity index (χ0n) is 20.8. The number of para-hydroxylation sites is 1. The third kappa shape index (κ3) is 5.05. The molecule has 1 amide bonds. The molecule has 2 aromatic heterocycles. The number of nitrogen functional groups attached to an aromatic ring is 1. The predicted molar refractivity (Wildman–Crippen MR) is 150 cm³/mol. The Balaban J connectivity index is 1.45. The molecule has 5 N–H and O–H groups in total. The number of nitrogens with two attached hydrogens (primary N) is 2. The number of hydrogen-bond donors (Lipinski definition) is 3. The van der Waals surface area contributed by atoms with Crippen molar-refractivity contribution >= 4 is 34.1 Å². The highest BCUT2D eigenvalue weighted by molar-refractivity contribution is 6.01. The van der Waals surface area contributed by atoms with Crippen LogP contribution in [0, 0.1) is 6.92 Å². The Labute approximate surface area is 219 Å². The van der Waals surface area contributed by atoms with Crippen LogP contribution in [0.4, 0.5) is 11.4 Å². The smallest absolute Gasteiger partial charge is 0.286 e. The summed E-state index contributed by atoms with van der Waals surface area (Å²) in [6, 6.07) is 25.0. The molecular weight excluding hydrogens is 476 g/mol. The number of nitrogens with one attached hydrogen (secondary N) is 1. The molecule has 0 atom stereocenters. The van der Waals surface area contributed by atoms with Crippen molar-refractivity contribution in [3.05, 3.63) is 102 Å². The maximum absolute atomic E-state index is 12.5. The van der Waals surface area contributed by atoms with E-state index in [1.807, 2.05) is 73.7 Å². The van der Waals surface area contributed by atoms with Gasteiger partial charge in [0.25, 0.3) is 5.91 Å². The first kappa shape index (κ1) is 24.6. The second-order valence-corrected chi connectivity index (χ2v) is 8.94. The average molecular weight is 503 g/mol. The van der Waals surface area contributed by atoms with Crippen LogP contribution in [0.15, 0.2) is 85.1 Å². The monoisotopic (exact) mass is 502 g/mol. The number of fused-ring (bicyclic) bond motifs is 1. The zero-order valence-corrected chi connectivity index (χ0v) is 20.8. The fourth-order valence-corrected chi connectivity index (χ4v) is 4.37. The lowest BCUT2D eigenvalue weighted by molar-refractivity contribution is 0.0980. The summed E-state index contributed by atoms with van der Waals surface area (Å²) < 4.78 is 0. The summed E-state index contributed by atoms with van der Waals surface area (Å²) in [5, 5.41) is 4.03. The van der Waals surface area contributed by atoms with E-state index in [1.54, 1.807) is 18.3 Å². The van der Waals surface area contributed by atoms with Gasteiger partial charge in [0.1, 0.15) is 0 Å². The molecule has 0 spiro atoms. The number of nitrogens with zero attached hydrogens (tertiary/aromatic N) is 3. The Bertz CT molecular complexity index is 1670. The van der Waals surface area contributed by atoms with Crippen molar-refractivity contribution in [2.24, 2.45) is 5.73 Å². The summed E-state index contributed by atoms with van der Waals surface area (Å²) in [5.74, 6) is -0.789. The largest absolute Gasteiger partial charge is 0.398 e. The Morgan fingerprint density at radius 2 is 1.66 bits per heavy atom. The highest BCUT2D eigenvalue weighted by Gasteiger charge is 2.16. The summed E-state index contributed by atoms with van der Waals surface area (Å²) in [6.07, 6.45) is 1.89. The van der Waals surface area contributed by atoms with E-state index in [4.69, 9.17) is 16.5 Å². The van der Waals surface area contributed by atoms with Crippen molar-refractivity contribution in [1.29, 1.82) is 0 Å². The first-order valence-corrected chi connectivity index (χ1v) is 12.2. The minimum Gasteiger partial charge on any atom is -0.398 e. The molecule has 0 unspecified atom stereocenters. The number of benzene rings is 3. The van der Waals surface area contributed by atoms with Crippen molar-refractivity contribution in [3.8, 4) is 22.4 Å². The first-order valence-electron chi connectivity index (χ1n) is 12.2. The molecule has 0 bridgehead atoms. The molecule has 5 aromatic rings. The van der Waals surface area contributed by atoms with Crippen molar-refractivity contribution < 1.29 is 9.59 Å². The maximum Gasteiger partial charge on any atom is 0.286 e. The second-order valence-electron chi connectivity index (χ2n) is 8.94. The quantitative estimate of drug-likeness (QED) is 0.200. The van der Waals surface area contributed by atoms with Crippen LogP contribution in [0.5, 0.6) is 0 Å². The van der Waals surface area contributed by atoms with Gasteiger partial charge in [-0.2, -0.15) is 0 Å². The van der Waals surface area contributed by atoms with Crippen LogP contribution in [0.1, 0.15) is 33.0 Å². The number of carbonyl (C=O) groups is 2. The van der Waals surface area contributed by atoms with Gasteiger partial charge in [-0.25, -0.2) is 15.0 Å². The topological polar surface area (TPSA) is 137 Å². The molecule has 0 saturated carbocycles. The number of anilines is 2. The van der Waals surface area contributed by atoms with E-state index in [0.717, 1.165) is 33.6 Å². The molecule has 8 nitrogen and oxygen atoms in total. The third-order valence-corrected chi connectivity index (χ3v) is 6.30. The van der Waals surface area contributed by atoms with Crippen LogP contribution in [-0.2, 0) is 0 Å². The highest BCUT2D eigenvalue weighted by Crippen LogP contribution is 2.35. The molecule has 0 saturated heterocycles. The lowest BCUT2D eigenvalue weighted by atomic mass is 9.95. The van der Waals surface area contributed by atoms with Gasteiger partial charge in [-0.05, 0) is 48.4 Å². The van der Waals surface area contributed by atoms with Gasteiger partial charge in [0.2, 0.25) is 5.82 Å². The highest BCUT2D eigenvalue weighted by atomic mass is 16.1. The first-order chi connectivity index (χ1) is 18.4. The minimum atomic E-state index is -0.706. The molecule has 0 aliphatic heterocycles. The summed E-state index contributed by atoms with van der Waals surface area (Å²) in [5.41, 5.74) is 18.2. The minimum absolute atomic E-state index is 0.00544. The average Bonchev–Trinajstić information content (AvgIpc) is 2.93. The Hall–Kier alpha value is -5.11. The van der Waals surface area contributed by atoms with Crippen LogP contribution >= 0.6 is 0 Å². The van der Waals surface area contributed by atoms with Gasteiger partial charge >= 0.3 is 0 Å². The number of carbonyl (C=O) groups excluding carboxylic acids is 2. The maximum atomic E-state index is 12.5. The predicted octanol–water partition coefficient (Wildman–Crippen LogP) is 5.03. The third-order valence-electron chi connectivity index (χ3n) is 6.30. The molecule has 188 valence electrons. The number of ketones is 1. The molecule has 0 aliphatic carbocycles. The van der Waals surface area contributed by atoms with Gasteiger partial charge in [0.15, 0.2) is 11.4 Å². The number of hydrogen-bond acceptors (Lipinski definition) is 7. The van der Waals surface area contributed by atoms with E-state index in [1.165, 1.54) is 0 Å². The zero-order chi connectivity index (χ0) is 26.6. The molecule has 3 aromatic carbocycles. The van der Waals surface area contributed by atoms with E-state index in [0.29, 0.717) is 35.2 Å². The molecule has 0 aliphatic rings. The van der Waals surface area contributed by atoms with Gasteiger partial charge < -0.3 is 16.8 Å². The van der Waals surface area contributed by atoms with Crippen molar-refractivity contribution in [1.82, 2.24) is 15.0 Å². The number of rotatable bonds is 8. The van der Waals surface area contributed by atoms with E-state index in [2.05, 4.69) is 15.3 Å². The number of Topliss-reactive ketones (excluding diaryl/α,β-unsaturated/α-hetero) is 1. The Morgan fingerprint density at radius 1 is 0.895 bits per heavy atom. The lowest BCUT2D eigenvalue weighted by Crippen LogP contribution is -2.15. The fraction of sp³-hybridized carbons (Fsp3) is 0.100. The molecule has 0 radical (unpaired) electrons. The Morgan fingerprint density at radius 3 is 2.39 bits per heavy atom. The summed E-state index contributed by atoms with van der Waals surface area (Å²) >= 11 is 0. The van der Waals surface area contributed by atoms with Crippen molar-refractivity contribution in [2.75, 3.05) is 17.6 Å². The number of aryl methyl sites for hydroxylation is 1. The van der Waals surface area contributed by atoms with Crippen LogP contribution in [-0.4, -0.2) is 33.2 Å². The van der Waals surface area contributed by atoms with Gasteiger partial charge in [0, 0.05) is 52.6 Å². The molecule has 8 heteroatoms. The van der Waals surface area contributed by atoms with E-state index in [9.17, 15) is 9.59 Å². The van der Waals surface area contributed by atoms with Gasteiger partial charge in [-0.15, -0.1) is 0 Å². The fourth-order valence-electron chi connectivity index (χ4n) is 4.37. The summed E-state index contributed by atoms with van der Waals surface area (Å²) in [7, 11) is 0. The van der Waals surface area contributed by atoms with Gasteiger partial charge in [-0.3, -0.25) is 9.59 Å². The normalized spacial score (nSPS) is 10.9. The van der Waals surface area contributed by atoms with Crippen LogP contribution in [0.2, 0.25) is 0 Å². The SMILES string of the molecule is Cc1cc(NCCC(=O)c2ccccc2N)ccc1-c1nc2nc(C(N)=O)ncc2cc1-c1ccccc1. The molecule has 0 fully saturated rings. The van der Waals surface area contributed by atoms with Gasteiger partial charge in [0.05, 0.1) is 5.69 Å². The lowest BCUT2D eigenvalue weighted by Gasteiger charge is -2.15. The number of aromatic nitrogens is 3. The molecular formula is C30H26N6O2. The van der Waals surface area contributed by atoms with Crippen LogP contribution in [0.3, 0.4) is 0 Å². The second kappa shape index (κ2) is 10.5. The van der Waals surface area contributed by atoms with E-state index < -0.39 is 5.91 Å². The van der Waals surface area contributed by atoms with Crippen LogP contribution in [0.25, 0.3) is 33.4 Å². The van der Waals surface area contributed by atoms with Crippen molar-refractivity contribution in [3.63, 3.8) is 0 Å².